The van der Waals surface area contributed by atoms with Crippen molar-refractivity contribution >= 4 is 5.97 Å². The fraction of sp³-hybridized carbons (Fsp3) is 0.818. The maximum absolute atomic E-state index is 11.6. The highest BCUT2D eigenvalue weighted by atomic mass is 16.5. The molecular formula is C11H18N2O2. The molecule has 4 heteroatoms. The van der Waals surface area contributed by atoms with E-state index >= 15 is 0 Å². The van der Waals surface area contributed by atoms with Crippen molar-refractivity contribution < 1.29 is 9.53 Å². The highest BCUT2D eigenvalue weighted by molar-refractivity contribution is 5.76. The van der Waals surface area contributed by atoms with E-state index in [1.807, 2.05) is 13.8 Å². The van der Waals surface area contributed by atoms with E-state index in [1.165, 1.54) is 0 Å². The van der Waals surface area contributed by atoms with Gasteiger partial charge in [0, 0.05) is 6.54 Å². The van der Waals surface area contributed by atoms with Gasteiger partial charge in [-0.05, 0) is 33.2 Å². The fourth-order valence-corrected chi connectivity index (χ4v) is 1.94. The number of likely N-dealkylation sites (tertiary alicyclic amines) is 1. The number of carbonyl (C=O) groups is 1. The zero-order valence-electron chi connectivity index (χ0n) is 9.40. The number of nitrogens with zero attached hydrogens (tertiary/aromatic N) is 2. The topological polar surface area (TPSA) is 53.3 Å². The first-order valence-electron chi connectivity index (χ1n) is 5.49. The van der Waals surface area contributed by atoms with E-state index in [1.54, 1.807) is 0 Å². The quantitative estimate of drug-likeness (QED) is 0.654. The number of ether oxygens (including phenoxy) is 1. The predicted octanol–water partition coefficient (Wildman–Crippen LogP) is 1.17. The lowest BCUT2D eigenvalue weighted by Gasteiger charge is -2.23. The van der Waals surface area contributed by atoms with E-state index in [4.69, 9.17) is 10.00 Å². The number of esters is 1. The molecule has 0 aliphatic carbocycles. The van der Waals surface area contributed by atoms with Crippen LogP contribution in [-0.4, -0.2) is 36.6 Å². The Morgan fingerprint density at radius 2 is 2.47 bits per heavy atom. The van der Waals surface area contributed by atoms with Gasteiger partial charge in [-0.2, -0.15) is 5.26 Å². The van der Waals surface area contributed by atoms with Crippen molar-refractivity contribution in [2.24, 2.45) is 5.92 Å². The summed E-state index contributed by atoms with van der Waals surface area (Å²) in [4.78, 5) is 13.6. The molecule has 4 nitrogen and oxygen atoms in total. The molecule has 0 bridgehead atoms. The highest BCUT2D eigenvalue weighted by Gasteiger charge is 2.32. The van der Waals surface area contributed by atoms with Gasteiger partial charge in [-0.15, -0.1) is 0 Å². The normalized spacial score (nSPS) is 23.4. The summed E-state index contributed by atoms with van der Waals surface area (Å²) in [5, 5.41) is 8.73. The Morgan fingerprint density at radius 3 is 3.07 bits per heavy atom. The molecule has 15 heavy (non-hydrogen) atoms. The maximum Gasteiger partial charge on any atom is 0.323 e. The minimum Gasteiger partial charge on any atom is -0.465 e. The van der Waals surface area contributed by atoms with Crippen molar-refractivity contribution in [1.29, 1.82) is 5.26 Å². The first-order valence-corrected chi connectivity index (χ1v) is 5.49. The first kappa shape index (κ1) is 12.0. The summed E-state index contributed by atoms with van der Waals surface area (Å²) in [6.07, 6.45) is 1.87. The Bertz CT molecular complexity index is 260. The number of carbonyl (C=O) groups excluding carboxylic acids is 1. The maximum atomic E-state index is 11.6. The average Bonchev–Trinajstić information content (AvgIpc) is 2.66. The van der Waals surface area contributed by atoms with E-state index in [0.717, 1.165) is 19.4 Å². The molecule has 2 unspecified atom stereocenters. The standard InChI is InChI=1S/C11H18N2O2/c1-3-15-11(14)10-5-4-6-13(10)8-9(2)7-12/h9-10H,3-6,8H2,1-2H3. The first-order chi connectivity index (χ1) is 7.19. The molecule has 0 aromatic heterocycles. The largest absolute Gasteiger partial charge is 0.465 e. The van der Waals surface area contributed by atoms with Crippen LogP contribution in [0.15, 0.2) is 0 Å². The molecule has 1 aliphatic rings. The van der Waals surface area contributed by atoms with Gasteiger partial charge in [0.2, 0.25) is 0 Å². The molecule has 1 fully saturated rings. The lowest BCUT2D eigenvalue weighted by atomic mass is 10.1. The minimum atomic E-state index is -0.139. The summed E-state index contributed by atoms with van der Waals surface area (Å²) >= 11 is 0. The zero-order chi connectivity index (χ0) is 11.3. The lowest BCUT2D eigenvalue weighted by Crippen LogP contribution is -2.39. The van der Waals surface area contributed by atoms with Gasteiger partial charge in [-0.1, -0.05) is 0 Å². The van der Waals surface area contributed by atoms with Crippen molar-refractivity contribution in [3.05, 3.63) is 0 Å². The van der Waals surface area contributed by atoms with Crippen LogP contribution >= 0.6 is 0 Å². The van der Waals surface area contributed by atoms with Gasteiger partial charge < -0.3 is 4.74 Å². The smallest absolute Gasteiger partial charge is 0.323 e. The third-order valence-corrected chi connectivity index (χ3v) is 2.65. The Balaban J connectivity index is 2.50. The molecule has 0 amide bonds. The molecule has 0 saturated carbocycles. The number of hydrogen-bond donors (Lipinski definition) is 0. The van der Waals surface area contributed by atoms with Crippen LogP contribution in [0.5, 0.6) is 0 Å². The summed E-state index contributed by atoms with van der Waals surface area (Å²) in [7, 11) is 0. The minimum absolute atomic E-state index is 0.0278. The summed E-state index contributed by atoms with van der Waals surface area (Å²) in [5.41, 5.74) is 0. The fourth-order valence-electron chi connectivity index (χ4n) is 1.94. The van der Waals surface area contributed by atoms with E-state index in [2.05, 4.69) is 11.0 Å². The van der Waals surface area contributed by atoms with Crippen LogP contribution < -0.4 is 0 Å². The highest BCUT2D eigenvalue weighted by Crippen LogP contribution is 2.19. The third-order valence-electron chi connectivity index (χ3n) is 2.65. The van der Waals surface area contributed by atoms with Crippen LogP contribution in [0.1, 0.15) is 26.7 Å². The van der Waals surface area contributed by atoms with E-state index < -0.39 is 0 Å². The van der Waals surface area contributed by atoms with Gasteiger partial charge in [0.1, 0.15) is 6.04 Å². The molecule has 1 saturated heterocycles. The Morgan fingerprint density at radius 1 is 1.73 bits per heavy atom. The van der Waals surface area contributed by atoms with Crippen molar-refractivity contribution in [2.75, 3.05) is 19.7 Å². The van der Waals surface area contributed by atoms with Crippen LogP contribution in [0.2, 0.25) is 0 Å². The van der Waals surface area contributed by atoms with Crippen molar-refractivity contribution in [3.63, 3.8) is 0 Å². The summed E-state index contributed by atoms with van der Waals surface area (Å²) in [6, 6.07) is 2.07. The van der Waals surface area contributed by atoms with Crippen LogP contribution in [0.25, 0.3) is 0 Å². The Hall–Kier alpha value is -1.08. The van der Waals surface area contributed by atoms with Crippen LogP contribution in [0, 0.1) is 17.2 Å². The van der Waals surface area contributed by atoms with E-state index in [-0.39, 0.29) is 17.9 Å². The van der Waals surface area contributed by atoms with Gasteiger partial charge in [0.25, 0.3) is 0 Å². The molecule has 1 aliphatic heterocycles. The van der Waals surface area contributed by atoms with Crippen LogP contribution in [0.4, 0.5) is 0 Å². The predicted molar refractivity (Wildman–Crippen MR) is 56.0 cm³/mol. The van der Waals surface area contributed by atoms with Gasteiger partial charge in [-0.25, -0.2) is 0 Å². The molecule has 0 spiro atoms. The van der Waals surface area contributed by atoms with E-state index in [0.29, 0.717) is 13.2 Å². The molecule has 0 aromatic rings. The summed E-state index contributed by atoms with van der Waals surface area (Å²) in [6.45, 7) is 5.68. The van der Waals surface area contributed by atoms with Crippen molar-refractivity contribution in [1.82, 2.24) is 4.90 Å². The Kier molecular flexibility index (Phi) is 4.57. The van der Waals surface area contributed by atoms with Gasteiger partial charge in [-0.3, -0.25) is 9.69 Å². The third kappa shape index (κ3) is 3.21. The second kappa shape index (κ2) is 5.72. The second-order valence-electron chi connectivity index (χ2n) is 3.94. The van der Waals surface area contributed by atoms with Gasteiger partial charge in [0.05, 0.1) is 18.6 Å². The molecule has 0 aromatic carbocycles. The number of nitriles is 1. The summed E-state index contributed by atoms with van der Waals surface area (Å²) < 4.78 is 5.01. The monoisotopic (exact) mass is 210 g/mol. The molecule has 1 heterocycles. The molecule has 84 valence electrons. The number of hydrogen-bond acceptors (Lipinski definition) is 4. The molecule has 0 radical (unpaired) electrons. The second-order valence-corrected chi connectivity index (χ2v) is 3.94. The van der Waals surface area contributed by atoms with Gasteiger partial charge >= 0.3 is 5.97 Å². The molecule has 1 rings (SSSR count). The van der Waals surface area contributed by atoms with Crippen LogP contribution in [0.3, 0.4) is 0 Å². The average molecular weight is 210 g/mol. The summed E-state index contributed by atoms with van der Waals surface area (Å²) in [5.74, 6) is -0.167. The zero-order valence-corrected chi connectivity index (χ0v) is 9.40. The Labute approximate surface area is 90.8 Å². The SMILES string of the molecule is CCOC(=O)C1CCCN1CC(C)C#N. The molecule has 2 atom stereocenters. The molecular weight excluding hydrogens is 192 g/mol. The van der Waals surface area contributed by atoms with Gasteiger partial charge in [0.15, 0.2) is 0 Å². The van der Waals surface area contributed by atoms with Crippen molar-refractivity contribution in [3.8, 4) is 6.07 Å². The van der Waals surface area contributed by atoms with Crippen molar-refractivity contribution in [2.45, 2.75) is 32.7 Å². The lowest BCUT2D eigenvalue weighted by molar-refractivity contribution is -0.148. The van der Waals surface area contributed by atoms with Crippen LogP contribution in [-0.2, 0) is 9.53 Å². The van der Waals surface area contributed by atoms with E-state index in [9.17, 15) is 4.79 Å². The molecule has 0 N–H and O–H groups in total. The number of rotatable bonds is 4.